The van der Waals surface area contributed by atoms with E-state index >= 15 is 0 Å². The smallest absolute Gasteiger partial charge is 0.338 e. The van der Waals surface area contributed by atoms with Gasteiger partial charge in [0.15, 0.2) is 13.2 Å². The van der Waals surface area contributed by atoms with Crippen LogP contribution in [0.2, 0.25) is 5.02 Å². The van der Waals surface area contributed by atoms with Crippen molar-refractivity contribution >= 4 is 35.1 Å². The molecule has 0 aliphatic heterocycles. The summed E-state index contributed by atoms with van der Waals surface area (Å²) >= 11 is 5.75. The van der Waals surface area contributed by atoms with Crippen LogP contribution in [0.15, 0.2) is 48.5 Å². The highest BCUT2D eigenvalue weighted by molar-refractivity contribution is 6.30. The number of ether oxygens (including phenoxy) is 2. The molecule has 0 aliphatic rings. The number of hydrogen-bond acceptors (Lipinski definition) is 5. The van der Waals surface area contributed by atoms with Gasteiger partial charge in [0.1, 0.15) is 5.75 Å². The van der Waals surface area contributed by atoms with Crippen LogP contribution in [0.5, 0.6) is 5.75 Å². The highest BCUT2D eigenvalue weighted by atomic mass is 35.5. The van der Waals surface area contributed by atoms with E-state index < -0.39 is 24.4 Å². The van der Waals surface area contributed by atoms with Gasteiger partial charge < -0.3 is 20.5 Å². The van der Waals surface area contributed by atoms with Crippen LogP contribution in [0.1, 0.15) is 10.4 Å². The number of anilines is 1. The van der Waals surface area contributed by atoms with E-state index in [2.05, 4.69) is 5.32 Å². The first-order valence-electron chi connectivity index (χ1n) is 7.18. The lowest BCUT2D eigenvalue weighted by Crippen LogP contribution is -2.21. The third kappa shape index (κ3) is 6.15. The van der Waals surface area contributed by atoms with Crippen molar-refractivity contribution in [3.8, 4) is 5.75 Å². The molecule has 0 atom stereocenters. The lowest BCUT2D eigenvalue weighted by molar-refractivity contribution is -0.120. The fourth-order valence-corrected chi connectivity index (χ4v) is 1.91. The van der Waals surface area contributed by atoms with Crippen molar-refractivity contribution in [2.45, 2.75) is 0 Å². The molecule has 2 rings (SSSR count). The van der Waals surface area contributed by atoms with Crippen molar-refractivity contribution in [3.05, 3.63) is 59.1 Å². The van der Waals surface area contributed by atoms with Gasteiger partial charge in [0, 0.05) is 10.7 Å². The molecule has 0 aliphatic carbocycles. The SMILES string of the molecule is NC(=O)COc1ccc(C(=O)OCC(=O)Nc2ccc(Cl)cc2)cc1. The predicted molar refractivity (Wildman–Crippen MR) is 91.5 cm³/mol. The number of rotatable bonds is 7. The molecule has 0 heterocycles. The molecular weight excluding hydrogens is 348 g/mol. The molecule has 3 N–H and O–H groups in total. The highest BCUT2D eigenvalue weighted by Crippen LogP contribution is 2.14. The van der Waals surface area contributed by atoms with Crippen LogP contribution in [-0.4, -0.2) is 31.0 Å². The fraction of sp³-hybridized carbons (Fsp3) is 0.118. The van der Waals surface area contributed by atoms with E-state index in [0.717, 1.165) is 0 Å². The molecule has 0 saturated heterocycles. The van der Waals surface area contributed by atoms with Gasteiger partial charge in [-0.05, 0) is 48.5 Å². The molecule has 25 heavy (non-hydrogen) atoms. The minimum Gasteiger partial charge on any atom is -0.484 e. The summed E-state index contributed by atoms with van der Waals surface area (Å²) in [4.78, 5) is 34.3. The van der Waals surface area contributed by atoms with Gasteiger partial charge in [-0.15, -0.1) is 0 Å². The van der Waals surface area contributed by atoms with E-state index in [9.17, 15) is 14.4 Å². The number of nitrogens with one attached hydrogen (secondary N) is 1. The molecule has 0 saturated carbocycles. The highest BCUT2D eigenvalue weighted by Gasteiger charge is 2.11. The van der Waals surface area contributed by atoms with E-state index in [1.807, 2.05) is 0 Å². The van der Waals surface area contributed by atoms with Gasteiger partial charge in [-0.25, -0.2) is 4.79 Å². The van der Waals surface area contributed by atoms with Crippen LogP contribution >= 0.6 is 11.6 Å². The van der Waals surface area contributed by atoms with Crippen LogP contribution in [0, 0.1) is 0 Å². The number of carbonyl (C=O) groups excluding carboxylic acids is 3. The molecule has 2 aromatic rings. The Labute approximate surface area is 148 Å². The average Bonchev–Trinajstić information content (AvgIpc) is 2.60. The van der Waals surface area contributed by atoms with Gasteiger partial charge in [0.2, 0.25) is 0 Å². The van der Waals surface area contributed by atoms with Gasteiger partial charge >= 0.3 is 5.97 Å². The summed E-state index contributed by atoms with van der Waals surface area (Å²) in [5, 5.41) is 3.12. The lowest BCUT2D eigenvalue weighted by atomic mass is 10.2. The molecule has 2 amide bonds. The third-order valence-electron chi connectivity index (χ3n) is 2.93. The maximum atomic E-state index is 11.9. The quantitative estimate of drug-likeness (QED) is 0.732. The number of primary amides is 1. The van der Waals surface area contributed by atoms with Gasteiger partial charge in [0.05, 0.1) is 5.56 Å². The fourth-order valence-electron chi connectivity index (χ4n) is 1.79. The summed E-state index contributed by atoms with van der Waals surface area (Å²) in [6.07, 6.45) is 0. The summed E-state index contributed by atoms with van der Waals surface area (Å²) in [7, 11) is 0. The van der Waals surface area contributed by atoms with Gasteiger partial charge in [-0.1, -0.05) is 11.6 Å². The number of esters is 1. The molecule has 2 aromatic carbocycles. The van der Waals surface area contributed by atoms with Crippen molar-refractivity contribution in [1.82, 2.24) is 0 Å². The normalized spacial score (nSPS) is 9.96. The van der Waals surface area contributed by atoms with Crippen LogP contribution in [0.3, 0.4) is 0 Å². The molecule has 0 fully saturated rings. The number of hydrogen-bond donors (Lipinski definition) is 2. The van der Waals surface area contributed by atoms with Crippen LogP contribution in [0.25, 0.3) is 0 Å². The van der Waals surface area contributed by atoms with Crippen molar-refractivity contribution in [1.29, 1.82) is 0 Å². The summed E-state index contributed by atoms with van der Waals surface area (Å²) in [6, 6.07) is 12.4. The van der Waals surface area contributed by atoms with Crippen LogP contribution in [-0.2, 0) is 14.3 Å². The molecular formula is C17H15ClN2O5. The number of carbonyl (C=O) groups is 3. The van der Waals surface area contributed by atoms with E-state index in [-0.39, 0.29) is 12.2 Å². The first-order valence-corrected chi connectivity index (χ1v) is 7.55. The molecule has 7 nitrogen and oxygen atoms in total. The zero-order valence-corrected chi connectivity index (χ0v) is 13.8. The molecule has 0 unspecified atom stereocenters. The largest absolute Gasteiger partial charge is 0.484 e. The second kappa shape index (κ2) is 8.70. The van der Waals surface area contributed by atoms with E-state index in [1.54, 1.807) is 24.3 Å². The van der Waals surface area contributed by atoms with Crippen molar-refractivity contribution in [3.63, 3.8) is 0 Å². The summed E-state index contributed by atoms with van der Waals surface area (Å²) < 4.78 is 10.0. The van der Waals surface area contributed by atoms with E-state index in [4.69, 9.17) is 26.8 Å². The molecule has 0 bridgehead atoms. The van der Waals surface area contributed by atoms with Crippen molar-refractivity contribution in [2.75, 3.05) is 18.5 Å². The first kappa shape index (κ1) is 18.3. The second-order valence-electron chi connectivity index (χ2n) is 4.91. The van der Waals surface area contributed by atoms with Crippen molar-refractivity contribution in [2.24, 2.45) is 5.73 Å². The number of benzene rings is 2. The summed E-state index contributed by atoms with van der Waals surface area (Å²) in [6.45, 7) is -0.684. The number of halogens is 1. The Kier molecular flexibility index (Phi) is 6.36. The van der Waals surface area contributed by atoms with Gasteiger partial charge in [-0.2, -0.15) is 0 Å². The van der Waals surface area contributed by atoms with Crippen LogP contribution < -0.4 is 15.8 Å². The van der Waals surface area contributed by atoms with Gasteiger partial charge in [0.25, 0.3) is 11.8 Å². The van der Waals surface area contributed by atoms with Gasteiger partial charge in [-0.3, -0.25) is 9.59 Å². The van der Waals surface area contributed by atoms with Crippen molar-refractivity contribution < 1.29 is 23.9 Å². The standard InChI is InChI=1S/C17H15ClN2O5/c18-12-3-5-13(6-4-12)20-16(22)10-25-17(23)11-1-7-14(8-2-11)24-9-15(19)21/h1-8H,9-10H2,(H2,19,21)(H,20,22). The summed E-state index contributed by atoms with van der Waals surface area (Å²) in [5.74, 6) is -1.35. The number of nitrogens with two attached hydrogens (primary N) is 1. The minimum absolute atomic E-state index is 0.241. The topological polar surface area (TPSA) is 108 Å². The molecule has 0 spiro atoms. The Balaban J connectivity index is 1.81. The monoisotopic (exact) mass is 362 g/mol. The Morgan fingerprint density at radius 3 is 2.20 bits per heavy atom. The maximum Gasteiger partial charge on any atom is 0.338 e. The second-order valence-corrected chi connectivity index (χ2v) is 5.35. The van der Waals surface area contributed by atoms with E-state index in [1.165, 1.54) is 24.3 Å². The zero-order chi connectivity index (χ0) is 18.2. The summed E-state index contributed by atoms with van der Waals surface area (Å²) in [5.41, 5.74) is 5.75. The molecule has 8 heteroatoms. The van der Waals surface area contributed by atoms with Crippen LogP contribution in [0.4, 0.5) is 5.69 Å². The molecule has 0 aromatic heterocycles. The Morgan fingerprint density at radius 1 is 0.960 bits per heavy atom. The molecule has 130 valence electrons. The Hall–Kier alpha value is -3.06. The van der Waals surface area contributed by atoms with E-state index in [0.29, 0.717) is 16.5 Å². The molecule has 0 radical (unpaired) electrons. The predicted octanol–water partition coefficient (Wildman–Crippen LogP) is 2.00. The average molecular weight is 363 g/mol. The first-order chi connectivity index (χ1) is 11.9. The lowest BCUT2D eigenvalue weighted by Gasteiger charge is -2.07. The minimum atomic E-state index is -0.660. The number of amides is 2. The zero-order valence-electron chi connectivity index (χ0n) is 13.0. The third-order valence-corrected chi connectivity index (χ3v) is 3.19. The Bertz CT molecular complexity index is 760. The Morgan fingerprint density at radius 2 is 1.60 bits per heavy atom. The maximum absolute atomic E-state index is 11.9.